The van der Waals surface area contributed by atoms with Crippen LogP contribution in [0.15, 0.2) is 48.8 Å². The molecule has 4 aromatic rings. The number of nitrogens with one attached hydrogen (secondary N) is 1. The van der Waals surface area contributed by atoms with E-state index in [2.05, 4.69) is 21.0 Å². The first kappa shape index (κ1) is 16.4. The van der Waals surface area contributed by atoms with Gasteiger partial charge in [0.05, 0.1) is 11.0 Å². The van der Waals surface area contributed by atoms with Crippen molar-refractivity contribution in [2.75, 3.05) is 14.1 Å². The molecule has 2 aromatic heterocycles. The number of hydrogen-bond donors (Lipinski definition) is 2. The number of aromatic amines is 1. The molecule has 0 spiro atoms. The summed E-state index contributed by atoms with van der Waals surface area (Å²) in [7, 11) is 3.96. The summed E-state index contributed by atoms with van der Waals surface area (Å²) in [5.74, 6) is 2.03. The zero-order valence-corrected chi connectivity index (χ0v) is 15.1. The van der Waals surface area contributed by atoms with Gasteiger partial charge in [-0.05, 0) is 57.4 Å². The summed E-state index contributed by atoms with van der Waals surface area (Å²) in [4.78, 5) is 14.3. The number of nitrogens with zero attached hydrogens (tertiary/aromatic N) is 4. The van der Waals surface area contributed by atoms with Gasteiger partial charge >= 0.3 is 0 Å². The van der Waals surface area contributed by atoms with Crippen molar-refractivity contribution >= 4 is 11.0 Å². The van der Waals surface area contributed by atoms with Crippen LogP contribution in [0.3, 0.4) is 0 Å². The summed E-state index contributed by atoms with van der Waals surface area (Å²) < 4.78 is 2.04. The highest BCUT2D eigenvalue weighted by molar-refractivity contribution is 5.78. The summed E-state index contributed by atoms with van der Waals surface area (Å²) in [6.45, 7) is 2.62. The van der Waals surface area contributed by atoms with E-state index in [-0.39, 0.29) is 0 Å². The Morgan fingerprint density at radius 1 is 1.15 bits per heavy atom. The molecule has 2 heterocycles. The lowest BCUT2D eigenvalue weighted by Crippen LogP contribution is -2.11. The summed E-state index contributed by atoms with van der Waals surface area (Å²) in [5, 5.41) is 10.1. The predicted octanol–water partition coefficient (Wildman–Crippen LogP) is 3.49. The number of phenols is 1. The number of aryl methyl sites for hydroxylation is 1. The lowest BCUT2D eigenvalue weighted by molar-refractivity contribution is 0.386. The summed E-state index contributed by atoms with van der Waals surface area (Å²) in [5.41, 5.74) is 4.80. The largest absolute Gasteiger partial charge is 0.508 e. The second kappa shape index (κ2) is 6.31. The summed E-state index contributed by atoms with van der Waals surface area (Å²) in [6, 6.07) is 11.7. The van der Waals surface area contributed by atoms with Crippen LogP contribution in [-0.4, -0.2) is 43.6 Å². The molecule has 26 heavy (non-hydrogen) atoms. The maximum Gasteiger partial charge on any atom is 0.144 e. The van der Waals surface area contributed by atoms with E-state index in [4.69, 9.17) is 0 Å². The molecular weight excluding hydrogens is 326 g/mol. The zero-order chi connectivity index (χ0) is 18.3. The van der Waals surface area contributed by atoms with E-state index in [0.717, 1.165) is 39.5 Å². The first-order valence-corrected chi connectivity index (χ1v) is 8.48. The Bertz CT molecular complexity index is 1080. The molecule has 0 saturated heterocycles. The van der Waals surface area contributed by atoms with Crippen molar-refractivity contribution in [3.8, 4) is 22.8 Å². The van der Waals surface area contributed by atoms with Crippen molar-refractivity contribution in [2.45, 2.75) is 13.5 Å². The molecule has 0 fully saturated rings. The first-order chi connectivity index (χ1) is 12.5. The van der Waals surface area contributed by atoms with E-state index in [9.17, 15) is 5.11 Å². The molecule has 0 unspecified atom stereocenters. The van der Waals surface area contributed by atoms with Gasteiger partial charge in [-0.15, -0.1) is 0 Å². The smallest absolute Gasteiger partial charge is 0.144 e. The number of aromatic nitrogens is 4. The average molecular weight is 347 g/mol. The number of fused-ring (bicyclic) bond motifs is 1. The highest BCUT2D eigenvalue weighted by Crippen LogP contribution is 2.28. The van der Waals surface area contributed by atoms with Gasteiger partial charge in [-0.1, -0.05) is 0 Å². The molecule has 0 aliphatic heterocycles. The normalized spacial score (nSPS) is 11.5. The van der Waals surface area contributed by atoms with Crippen molar-refractivity contribution in [3.63, 3.8) is 0 Å². The van der Waals surface area contributed by atoms with Gasteiger partial charge in [-0.3, -0.25) is 4.57 Å². The average Bonchev–Trinajstić information content (AvgIpc) is 3.21. The number of phenolic OH excluding ortho intramolecular Hbond substituents is 1. The maximum absolute atomic E-state index is 10.1. The predicted molar refractivity (Wildman–Crippen MR) is 102 cm³/mol. The zero-order valence-electron chi connectivity index (χ0n) is 15.1. The molecule has 0 bridgehead atoms. The molecule has 132 valence electrons. The van der Waals surface area contributed by atoms with Crippen LogP contribution in [0.5, 0.6) is 5.75 Å². The van der Waals surface area contributed by atoms with Gasteiger partial charge in [0.1, 0.15) is 17.4 Å². The molecule has 2 N–H and O–H groups in total. The van der Waals surface area contributed by atoms with Crippen LogP contribution < -0.4 is 0 Å². The number of hydrogen-bond acceptors (Lipinski definition) is 4. The van der Waals surface area contributed by atoms with Gasteiger partial charge in [0.25, 0.3) is 0 Å². The third kappa shape index (κ3) is 2.95. The minimum Gasteiger partial charge on any atom is -0.508 e. The molecule has 0 saturated carbocycles. The lowest BCUT2D eigenvalue weighted by atomic mass is 10.1. The van der Waals surface area contributed by atoms with Gasteiger partial charge in [0.15, 0.2) is 0 Å². The highest BCUT2D eigenvalue weighted by atomic mass is 16.3. The first-order valence-electron chi connectivity index (χ1n) is 8.48. The molecule has 0 radical (unpaired) electrons. The van der Waals surface area contributed by atoms with Gasteiger partial charge in [-0.2, -0.15) is 0 Å². The minimum absolute atomic E-state index is 0.301. The Balaban J connectivity index is 1.79. The van der Waals surface area contributed by atoms with Crippen LogP contribution in [0.1, 0.15) is 11.4 Å². The van der Waals surface area contributed by atoms with Gasteiger partial charge in [0.2, 0.25) is 0 Å². The Labute approximate surface area is 151 Å². The fourth-order valence-corrected chi connectivity index (χ4v) is 3.19. The summed E-state index contributed by atoms with van der Waals surface area (Å²) >= 11 is 0. The number of benzene rings is 2. The highest BCUT2D eigenvalue weighted by Gasteiger charge is 2.12. The topological polar surface area (TPSA) is 70.0 Å². The fraction of sp³-hybridized carbons (Fsp3) is 0.200. The van der Waals surface area contributed by atoms with Crippen LogP contribution in [0.25, 0.3) is 28.1 Å². The SMILES string of the molecule is Cc1nc2ccc(-n3ccnc3-c3ccc(O)c(CN(C)C)c3)cc2[nH]1. The molecule has 0 atom stereocenters. The van der Waals surface area contributed by atoms with Crippen molar-refractivity contribution in [1.29, 1.82) is 0 Å². The number of aromatic hydroxyl groups is 1. The molecule has 4 rings (SSSR count). The van der Waals surface area contributed by atoms with E-state index in [1.165, 1.54) is 0 Å². The maximum atomic E-state index is 10.1. The van der Waals surface area contributed by atoms with Crippen molar-refractivity contribution < 1.29 is 5.11 Å². The molecule has 6 heteroatoms. The van der Waals surface area contributed by atoms with Crippen LogP contribution in [-0.2, 0) is 6.54 Å². The third-order valence-electron chi connectivity index (χ3n) is 4.33. The van der Waals surface area contributed by atoms with Gasteiger partial charge in [0, 0.05) is 35.8 Å². The Kier molecular flexibility index (Phi) is 3.97. The Morgan fingerprint density at radius 2 is 2.00 bits per heavy atom. The summed E-state index contributed by atoms with van der Waals surface area (Å²) in [6.07, 6.45) is 3.73. The third-order valence-corrected chi connectivity index (χ3v) is 4.33. The lowest BCUT2D eigenvalue weighted by Gasteiger charge is -2.13. The molecule has 2 aromatic carbocycles. The van der Waals surface area contributed by atoms with Crippen molar-refractivity contribution in [2.24, 2.45) is 0 Å². The van der Waals surface area contributed by atoms with Crippen molar-refractivity contribution in [3.05, 3.63) is 60.2 Å². The van der Waals surface area contributed by atoms with Gasteiger partial charge < -0.3 is 15.0 Å². The minimum atomic E-state index is 0.301. The molecule has 0 aliphatic carbocycles. The van der Waals surface area contributed by atoms with E-state index >= 15 is 0 Å². The molecule has 0 amide bonds. The van der Waals surface area contributed by atoms with Crippen LogP contribution >= 0.6 is 0 Å². The standard InChI is InChI=1S/C20H21N5O/c1-13-22-17-6-5-16(11-18(17)23-13)25-9-8-21-20(25)14-4-7-19(26)15(10-14)12-24(2)3/h4-11,26H,12H2,1-3H3,(H,22,23). The van der Waals surface area contributed by atoms with E-state index in [0.29, 0.717) is 12.3 Å². The monoisotopic (exact) mass is 347 g/mol. The van der Waals surface area contributed by atoms with Crippen LogP contribution in [0.4, 0.5) is 0 Å². The van der Waals surface area contributed by atoms with E-state index in [1.807, 2.05) is 60.9 Å². The molecule has 6 nitrogen and oxygen atoms in total. The fourth-order valence-electron chi connectivity index (χ4n) is 3.19. The van der Waals surface area contributed by atoms with Crippen LogP contribution in [0.2, 0.25) is 0 Å². The molecular formula is C20H21N5O. The van der Waals surface area contributed by atoms with Crippen molar-refractivity contribution in [1.82, 2.24) is 24.4 Å². The quantitative estimate of drug-likeness (QED) is 0.593. The number of H-pyrrole nitrogens is 1. The number of rotatable bonds is 4. The Morgan fingerprint density at radius 3 is 2.81 bits per heavy atom. The van der Waals surface area contributed by atoms with Crippen LogP contribution in [0, 0.1) is 6.92 Å². The number of imidazole rings is 2. The molecule has 0 aliphatic rings. The van der Waals surface area contributed by atoms with E-state index < -0.39 is 0 Å². The van der Waals surface area contributed by atoms with E-state index in [1.54, 1.807) is 12.3 Å². The Hall–Kier alpha value is -3.12. The second-order valence-corrected chi connectivity index (χ2v) is 6.73. The second-order valence-electron chi connectivity index (χ2n) is 6.73. The van der Waals surface area contributed by atoms with Gasteiger partial charge in [-0.25, -0.2) is 9.97 Å².